The van der Waals surface area contributed by atoms with E-state index in [4.69, 9.17) is 0 Å². The third-order valence-corrected chi connectivity index (χ3v) is 5.57. The van der Waals surface area contributed by atoms with Gasteiger partial charge < -0.3 is 10.2 Å². The first-order valence-corrected chi connectivity index (χ1v) is 9.27. The Kier molecular flexibility index (Phi) is 5.22. The van der Waals surface area contributed by atoms with Crippen LogP contribution in [0.4, 0.5) is 0 Å². The number of nitrogens with zero attached hydrogens (tertiary/aromatic N) is 1. The van der Waals surface area contributed by atoms with Crippen molar-refractivity contribution < 1.29 is 9.59 Å². The van der Waals surface area contributed by atoms with Crippen molar-refractivity contribution in [2.24, 2.45) is 5.92 Å². The summed E-state index contributed by atoms with van der Waals surface area (Å²) in [5.74, 6) is 0.0728. The van der Waals surface area contributed by atoms with Gasteiger partial charge in [0.1, 0.15) is 6.04 Å². The zero-order chi connectivity index (χ0) is 17.1. The highest BCUT2D eigenvalue weighted by molar-refractivity contribution is 5.89. The van der Waals surface area contributed by atoms with Crippen molar-refractivity contribution in [2.75, 3.05) is 0 Å². The van der Waals surface area contributed by atoms with Crippen molar-refractivity contribution in [3.05, 3.63) is 35.4 Å². The van der Waals surface area contributed by atoms with E-state index in [9.17, 15) is 9.59 Å². The van der Waals surface area contributed by atoms with Crippen molar-refractivity contribution >= 4 is 11.8 Å². The molecule has 0 radical (unpaired) electrons. The first-order valence-electron chi connectivity index (χ1n) is 9.27. The summed E-state index contributed by atoms with van der Waals surface area (Å²) in [5, 5.41) is 3.19. The summed E-state index contributed by atoms with van der Waals surface area (Å²) in [6, 6.07) is 8.07. The van der Waals surface area contributed by atoms with Gasteiger partial charge in [-0.25, -0.2) is 0 Å². The SMILES string of the molecule is CC[C@@H](C)C(=O)N1Cc2ccccc2C[C@H]1C(=O)NC1CCCC1. The molecule has 1 aromatic carbocycles. The molecule has 1 aliphatic heterocycles. The molecule has 0 bridgehead atoms. The average molecular weight is 328 g/mol. The van der Waals surface area contributed by atoms with Crippen LogP contribution in [0.5, 0.6) is 0 Å². The van der Waals surface area contributed by atoms with Crippen molar-refractivity contribution in [3.63, 3.8) is 0 Å². The summed E-state index contributed by atoms with van der Waals surface area (Å²) in [7, 11) is 0. The Morgan fingerprint density at radius 3 is 2.54 bits per heavy atom. The maximum Gasteiger partial charge on any atom is 0.243 e. The van der Waals surface area contributed by atoms with Gasteiger partial charge in [-0.1, -0.05) is 51.0 Å². The molecule has 4 nitrogen and oxygen atoms in total. The van der Waals surface area contributed by atoms with Crippen LogP contribution < -0.4 is 5.32 Å². The smallest absolute Gasteiger partial charge is 0.243 e. The first kappa shape index (κ1) is 17.0. The first-order chi connectivity index (χ1) is 11.6. The van der Waals surface area contributed by atoms with Crippen LogP contribution in [0, 0.1) is 5.92 Å². The number of hydrogen-bond donors (Lipinski definition) is 1. The molecule has 2 atom stereocenters. The van der Waals surface area contributed by atoms with Crippen LogP contribution in [-0.2, 0) is 22.6 Å². The molecule has 24 heavy (non-hydrogen) atoms. The maximum atomic E-state index is 12.9. The molecule has 4 heteroatoms. The highest BCUT2D eigenvalue weighted by Gasteiger charge is 2.36. The number of carbonyl (C=O) groups excluding carboxylic acids is 2. The molecule has 0 saturated heterocycles. The quantitative estimate of drug-likeness (QED) is 0.923. The Morgan fingerprint density at radius 2 is 1.88 bits per heavy atom. The van der Waals surface area contributed by atoms with Crippen LogP contribution in [0.15, 0.2) is 24.3 Å². The summed E-state index contributed by atoms with van der Waals surface area (Å²) in [6.45, 7) is 4.52. The standard InChI is InChI=1S/C20H28N2O2/c1-3-14(2)20(24)22-13-16-9-5-4-8-15(16)12-18(22)19(23)21-17-10-6-7-11-17/h4-5,8-9,14,17-18H,3,6-7,10-13H2,1-2H3,(H,21,23)/t14-,18+/m1/s1. The molecular weight excluding hydrogens is 300 g/mol. The Morgan fingerprint density at radius 1 is 1.21 bits per heavy atom. The summed E-state index contributed by atoms with van der Waals surface area (Å²) >= 11 is 0. The van der Waals surface area contributed by atoms with E-state index in [0.29, 0.717) is 13.0 Å². The molecule has 2 aliphatic rings. The van der Waals surface area contributed by atoms with Crippen molar-refractivity contribution in [1.82, 2.24) is 10.2 Å². The van der Waals surface area contributed by atoms with Gasteiger partial charge in [0, 0.05) is 24.9 Å². The van der Waals surface area contributed by atoms with E-state index in [0.717, 1.165) is 19.3 Å². The molecule has 0 aromatic heterocycles. The van der Waals surface area contributed by atoms with E-state index in [1.807, 2.05) is 26.0 Å². The second-order valence-corrected chi connectivity index (χ2v) is 7.25. The molecule has 1 fully saturated rings. The van der Waals surface area contributed by atoms with Gasteiger partial charge in [-0.05, 0) is 30.4 Å². The lowest BCUT2D eigenvalue weighted by Gasteiger charge is -2.38. The predicted octanol–water partition coefficient (Wildman–Crippen LogP) is 3.04. The average Bonchev–Trinajstić information content (AvgIpc) is 3.12. The highest BCUT2D eigenvalue weighted by atomic mass is 16.2. The zero-order valence-corrected chi connectivity index (χ0v) is 14.8. The minimum absolute atomic E-state index is 0.0213. The molecule has 1 aromatic rings. The minimum atomic E-state index is -0.373. The van der Waals surface area contributed by atoms with Gasteiger partial charge >= 0.3 is 0 Å². The third kappa shape index (κ3) is 3.47. The van der Waals surface area contributed by atoms with Gasteiger partial charge in [-0.3, -0.25) is 9.59 Å². The second-order valence-electron chi connectivity index (χ2n) is 7.25. The van der Waals surface area contributed by atoms with Gasteiger partial charge in [-0.15, -0.1) is 0 Å². The highest BCUT2D eigenvalue weighted by Crippen LogP contribution is 2.26. The van der Waals surface area contributed by atoms with Gasteiger partial charge in [0.05, 0.1) is 0 Å². The largest absolute Gasteiger partial charge is 0.352 e. The van der Waals surface area contributed by atoms with Crippen LogP contribution in [0.3, 0.4) is 0 Å². The summed E-state index contributed by atoms with van der Waals surface area (Å²) in [4.78, 5) is 27.5. The topological polar surface area (TPSA) is 49.4 Å². The van der Waals surface area contributed by atoms with Gasteiger partial charge in [0.25, 0.3) is 0 Å². The molecule has 2 amide bonds. The Bertz CT molecular complexity index is 607. The molecule has 0 spiro atoms. The van der Waals surface area contributed by atoms with E-state index in [1.165, 1.54) is 24.0 Å². The van der Waals surface area contributed by atoms with Crippen molar-refractivity contribution in [1.29, 1.82) is 0 Å². The number of amides is 2. The van der Waals surface area contributed by atoms with E-state index in [-0.39, 0.29) is 29.8 Å². The molecule has 1 heterocycles. The van der Waals surface area contributed by atoms with Gasteiger partial charge in [-0.2, -0.15) is 0 Å². The molecular formula is C20H28N2O2. The van der Waals surface area contributed by atoms with Gasteiger partial charge in [0.15, 0.2) is 0 Å². The molecule has 3 rings (SSSR count). The van der Waals surface area contributed by atoms with E-state index < -0.39 is 0 Å². The van der Waals surface area contributed by atoms with Crippen LogP contribution >= 0.6 is 0 Å². The van der Waals surface area contributed by atoms with Crippen LogP contribution in [0.2, 0.25) is 0 Å². The molecule has 0 unspecified atom stereocenters. The lowest BCUT2D eigenvalue weighted by molar-refractivity contribution is -0.145. The number of fused-ring (bicyclic) bond motifs is 1. The number of carbonyl (C=O) groups is 2. The van der Waals surface area contributed by atoms with E-state index in [1.54, 1.807) is 4.90 Å². The number of hydrogen-bond acceptors (Lipinski definition) is 2. The number of nitrogens with one attached hydrogen (secondary N) is 1. The summed E-state index contributed by atoms with van der Waals surface area (Å²) < 4.78 is 0. The number of rotatable bonds is 4. The van der Waals surface area contributed by atoms with E-state index >= 15 is 0 Å². The molecule has 1 saturated carbocycles. The monoisotopic (exact) mass is 328 g/mol. The van der Waals surface area contributed by atoms with Crippen LogP contribution in [-0.4, -0.2) is 28.8 Å². The summed E-state index contributed by atoms with van der Waals surface area (Å²) in [6.07, 6.45) is 5.93. The number of benzene rings is 1. The van der Waals surface area contributed by atoms with Crippen LogP contribution in [0.25, 0.3) is 0 Å². The van der Waals surface area contributed by atoms with Crippen LogP contribution in [0.1, 0.15) is 57.1 Å². The minimum Gasteiger partial charge on any atom is -0.352 e. The fourth-order valence-corrected chi connectivity index (χ4v) is 3.81. The van der Waals surface area contributed by atoms with E-state index in [2.05, 4.69) is 17.4 Å². The summed E-state index contributed by atoms with van der Waals surface area (Å²) in [5.41, 5.74) is 2.36. The molecule has 1 N–H and O–H groups in total. The Labute approximate surface area is 144 Å². The normalized spacial score (nSPS) is 22.1. The van der Waals surface area contributed by atoms with Gasteiger partial charge in [0.2, 0.25) is 11.8 Å². The molecule has 130 valence electrons. The van der Waals surface area contributed by atoms with Crippen molar-refractivity contribution in [2.45, 2.75) is 71.0 Å². The Hall–Kier alpha value is -1.84. The third-order valence-electron chi connectivity index (χ3n) is 5.57. The lowest BCUT2D eigenvalue weighted by atomic mass is 9.91. The predicted molar refractivity (Wildman–Crippen MR) is 94.3 cm³/mol. The lowest BCUT2D eigenvalue weighted by Crippen LogP contribution is -2.55. The Balaban J connectivity index is 1.82. The fourth-order valence-electron chi connectivity index (χ4n) is 3.81. The van der Waals surface area contributed by atoms with Crippen molar-refractivity contribution in [3.8, 4) is 0 Å². The second kappa shape index (κ2) is 7.37. The maximum absolute atomic E-state index is 12.9. The molecule has 1 aliphatic carbocycles. The zero-order valence-electron chi connectivity index (χ0n) is 14.8. The fraction of sp³-hybridized carbons (Fsp3) is 0.600.